The lowest BCUT2D eigenvalue weighted by Crippen LogP contribution is -2.14. The molecule has 1 N–H and O–H groups in total. The van der Waals surface area contributed by atoms with E-state index >= 15 is 0 Å². The van der Waals surface area contributed by atoms with Gasteiger partial charge in [0.05, 0.1) is 14.2 Å². The van der Waals surface area contributed by atoms with Gasteiger partial charge in [0.2, 0.25) is 0 Å². The van der Waals surface area contributed by atoms with Gasteiger partial charge in [0.1, 0.15) is 0 Å². The summed E-state index contributed by atoms with van der Waals surface area (Å²) in [6, 6.07) is 4.60. The quantitative estimate of drug-likeness (QED) is 0.850. The first kappa shape index (κ1) is 11.3. The van der Waals surface area contributed by atoms with Gasteiger partial charge in [-0.2, -0.15) is 0 Å². The van der Waals surface area contributed by atoms with Crippen LogP contribution in [0.3, 0.4) is 0 Å². The highest BCUT2D eigenvalue weighted by Crippen LogP contribution is 2.38. The van der Waals surface area contributed by atoms with Crippen molar-refractivity contribution in [2.24, 2.45) is 0 Å². The molecule has 1 atom stereocenters. The lowest BCUT2D eigenvalue weighted by Gasteiger charge is -2.18. The molecule has 1 saturated heterocycles. The number of benzene rings is 1. The molecule has 0 aromatic heterocycles. The van der Waals surface area contributed by atoms with Crippen molar-refractivity contribution in [2.75, 3.05) is 20.8 Å². The van der Waals surface area contributed by atoms with E-state index in [1.807, 2.05) is 6.07 Å². The molecule has 1 heterocycles. The normalized spacial score (nSPS) is 19.8. The summed E-state index contributed by atoms with van der Waals surface area (Å²) in [5, 5.41) is 3.49. The van der Waals surface area contributed by atoms with Crippen molar-refractivity contribution >= 4 is 0 Å². The number of rotatable bonds is 3. The molecule has 2 rings (SSSR count). The zero-order chi connectivity index (χ0) is 11.5. The highest BCUT2D eigenvalue weighted by Gasteiger charge is 2.22. The molecule has 0 amide bonds. The van der Waals surface area contributed by atoms with E-state index < -0.39 is 0 Å². The Morgan fingerprint density at radius 3 is 2.62 bits per heavy atom. The molecule has 3 nitrogen and oxygen atoms in total. The molecule has 1 aliphatic rings. The predicted octanol–water partition coefficient (Wildman–Crippen LogP) is 2.44. The van der Waals surface area contributed by atoms with Gasteiger partial charge in [-0.3, -0.25) is 0 Å². The van der Waals surface area contributed by atoms with E-state index in [1.54, 1.807) is 14.2 Å². The van der Waals surface area contributed by atoms with E-state index in [0.29, 0.717) is 6.04 Å². The summed E-state index contributed by atoms with van der Waals surface area (Å²) < 4.78 is 10.8. The van der Waals surface area contributed by atoms with E-state index in [-0.39, 0.29) is 0 Å². The maximum Gasteiger partial charge on any atom is 0.165 e. The van der Waals surface area contributed by atoms with Gasteiger partial charge in [0.15, 0.2) is 11.5 Å². The molecule has 0 spiro atoms. The van der Waals surface area contributed by atoms with Crippen molar-refractivity contribution in [3.8, 4) is 11.5 Å². The van der Waals surface area contributed by atoms with Crippen LogP contribution in [0, 0.1) is 6.92 Å². The standard InChI is InChI=1S/C13H19NO2/c1-9-7-10(11-5-4-6-14-11)13(16-3)12(8-9)15-2/h7-8,11,14H,4-6H2,1-3H3. The maximum atomic E-state index is 5.47. The predicted molar refractivity (Wildman–Crippen MR) is 64.3 cm³/mol. The van der Waals surface area contributed by atoms with Crippen molar-refractivity contribution in [2.45, 2.75) is 25.8 Å². The molecule has 16 heavy (non-hydrogen) atoms. The Hall–Kier alpha value is -1.22. The Morgan fingerprint density at radius 1 is 1.25 bits per heavy atom. The minimum Gasteiger partial charge on any atom is -0.493 e. The third kappa shape index (κ3) is 2.00. The fourth-order valence-corrected chi connectivity index (χ4v) is 2.35. The minimum absolute atomic E-state index is 0.406. The van der Waals surface area contributed by atoms with Crippen molar-refractivity contribution in [1.82, 2.24) is 5.32 Å². The highest BCUT2D eigenvalue weighted by atomic mass is 16.5. The first-order valence-corrected chi connectivity index (χ1v) is 5.72. The van der Waals surface area contributed by atoms with Gasteiger partial charge in [0.25, 0.3) is 0 Å². The summed E-state index contributed by atoms with van der Waals surface area (Å²) in [6.45, 7) is 3.17. The molecular weight excluding hydrogens is 202 g/mol. The Labute approximate surface area is 96.8 Å². The molecule has 0 bridgehead atoms. The summed E-state index contributed by atoms with van der Waals surface area (Å²) >= 11 is 0. The fraction of sp³-hybridized carbons (Fsp3) is 0.538. The second-order valence-corrected chi connectivity index (χ2v) is 4.24. The number of hydrogen-bond donors (Lipinski definition) is 1. The molecule has 0 saturated carbocycles. The zero-order valence-corrected chi connectivity index (χ0v) is 10.2. The summed E-state index contributed by atoms with van der Waals surface area (Å²) in [4.78, 5) is 0. The van der Waals surface area contributed by atoms with Gasteiger partial charge in [-0.1, -0.05) is 6.07 Å². The maximum absolute atomic E-state index is 5.47. The smallest absolute Gasteiger partial charge is 0.165 e. The van der Waals surface area contributed by atoms with Crippen LogP contribution < -0.4 is 14.8 Å². The highest BCUT2D eigenvalue weighted by molar-refractivity contribution is 5.50. The Kier molecular flexibility index (Phi) is 3.34. The van der Waals surface area contributed by atoms with Gasteiger partial charge in [-0.05, 0) is 37.9 Å². The zero-order valence-electron chi connectivity index (χ0n) is 10.2. The average molecular weight is 221 g/mol. The first-order valence-electron chi connectivity index (χ1n) is 5.72. The van der Waals surface area contributed by atoms with Crippen LogP contribution in [0.15, 0.2) is 12.1 Å². The lowest BCUT2D eigenvalue weighted by molar-refractivity contribution is 0.348. The van der Waals surface area contributed by atoms with Crippen LogP contribution in [-0.2, 0) is 0 Å². The summed E-state index contributed by atoms with van der Waals surface area (Å²) in [6.07, 6.45) is 2.40. The molecule has 1 fully saturated rings. The molecule has 1 aromatic rings. The second kappa shape index (κ2) is 4.74. The molecule has 1 aliphatic heterocycles. The van der Waals surface area contributed by atoms with Gasteiger partial charge in [-0.25, -0.2) is 0 Å². The monoisotopic (exact) mass is 221 g/mol. The van der Waals surface area contributed by atoms with Crippen molar-refractivity contribution in [3.63, 3.8) is 0 Å². The first-order chi connectivity index (χ1) is 7.76. The van der Waals surface area contributed by atoms with Crippen molar-refractivity contribution < 1.29 is 9.47 Å². The van der Waals surface area contributed by atoms with E-state index in [0.717, 1.165) is 18.0 Å². The van der Waals surface area contributed by atoms with Crippen LogP contribution in [0.5, 0.6) is 11.5 Å². The largest absolute Gasteiger partial charge is 0.493 e. The fourth-order valence-electron chi connectivity index (χ4n) is 2.35. The summed E-state index contributed by atoms with van der Waals surface area (Å²) in [5.74, 6) is 1.69. The Balaban J connectivity index is 2.44. The van der Waals surface area contributed by atoms with E-state index in [4.69, 9.17) is 9.47 Å². The minimum atomic E-state index is 0.406. The van der Waals surface area contributed by atoms with Crippen molar-refractivity contribution in [1.29, 1.82) is 0 Å². The molecule has 3 heteroatoms. The van der Waals surface area contributed by atoms with Crippen LogP contribution in [0.4, 0.5) is 0 Å². The van der Waals surface area contributed by atoms with Gasteiger partial charge in [-0.15, -0.1) is 0 Å². The molecular formula is C13H19NO2. The van der Waals surface area contributed by atoms with E-state index in [1.165, 1.54) is 24.0 Å². The van der Waals surface area contributed by atoms with Crippen LogP contribution in [0.25, 0.3) is 0 Å². The number of aryl methyl sites for hydroxylation is 1. The van der Waals surface area contributed by atoms with Gasteiger partial charge < -0.3 is 14.8 Å². The third-order valence-electron chi connectivity index (χ3n) is 3.09. The van der Waals surface area contributed by atoms with Crippen molar-refractivity contribution in [3.05, 3.63) is 23.3 Å². The molecule has 1 unspecified atom stereocenters. The van der Waals surface area contributed by atoms with E-state index in [2.05, 4.69) is 18.3 Å². The van der Waals surface area contributed by atoms with E-state index in [9.17, 15) is 0 Å². The van der Waals surface area contributed by atoms with Gasteiger partial charge in [0, 0.05) is 11.6 Å². The Bertz CT molecular complexity index is 370. The summed E-state index contributed by atoms with van der Waals surface area (Å²) in [7, 11) is 3.38. The number of ether oxygens (including phenoxy) is 2. The molecule has 0 radical (unpaired) electrons. The molecule has 0 aliphatic carbocycles. The second-order valence-electron chi connectivity index (χ2n) is 4.24. The van der Waals surface area contributed by atoms with Crippen LogP contribution in [0.1, 0.15) is 30.0 Å². The Morgan fingerprint density at radius 2 is 2.06 bits per heavy atom. The van der Waals surface area contributed by atoms with Crippen LogP contribution in [-0.4, -0.2) is 20.8 Å². The number of methoxy groups -OCH3 is 2. The number of nitrogens with one attached hydrogen (secondary N) is 1. The molecule has 1 aromatic carbocycles. The molecule has 88 valence electrons. The van der Waals surface area contributed by atoms with Crippen LogP contribution in [0.2, 0.25) is 0 Å². The lowest BCUT2D eigenvalue weighted by atomic mass is 10.0. The number of hydrogen-bond acceptors (Lipinski definition) is 3. The van der Waals surface area contributed by atoms with Gasteiger partial charge >= 0.3 is 0 Å². The average Bonchev–Trinajstić information content (AvgIpc) is 2.81. The SMILES string of the molecule is COc1cc(C)cc(C2CCCN2)c1OC. The third-order valence-corrected chi connectivity index (χ3v) is 3.09. The summed E-state index contributed by atoms with van der Waals surface area (Å²) in [5.41, 5.74) is 2.43. The van der Waals surface area contributed by atoms with Crippen LogP contribution >= 0.6 is 0 Å². The topological polar surface area (TPSA) is 30.5 Å².